The quantitative estimate of drug-likeness (QED) is 0.746. The second kappa shape index (κ2) is 4.83. The normalized spacial score (nSPS) is 23.5. The molecular formula is C18H21N3O. The summed E-state index contributed by atoms with van der Waals surface area (Å²) in [6.45, 7) is 6.29. The molecule has 1 aromatic rings. The molecule has 0 aliphatic carbocycles. The molecule has 0 spiro atoms. The first kappa shape index (κ1) is 14.6. The largest absolute Gasteiger partial charge is 0.347 e. The Morgan fingerprint density at radius 2 is 1.82 bits per heavy atom. The van der Waals surface area contributed by atoms with Crippen LogP contribution in [0.3, 0.4) is 0 Å². The number of hydrogen-bond acceptors (Lipinski definition) is 3. The van der Waals surface area contributed by atoms with Gasteiger partial charge in [0, 0.05) is 30.9 Å². The molecule has 4 heteroatoms. The summed E-state index contributed by atoms with van der Waals surface area (Å²) in [7, 11) is 3.75. The van der Waals surface area contributed by atoms with Crippen LogP contribution in [-0.2, 0) is 10.2 Å². The van der Waals surface area contributed by atoms with Crippen LogP contribution in [0.1, 0.15) is 26.3 Å². The zero-order valence-corrected chi connectivity index (χ0v) is 13.7. The van der Waals surface area contributed by atoms with Crippen LogP contribution >= 0.6 is 0 Å². The maximum absolute atomic E-state index is 12.1. The first-order chi connectivity index (χ1) is 10.3. The molecule has 2 heterocycles. The van der Waals surface area contributed by atoms with Gasteiger partial charge in [-0.2, -0.15) is 5.10 Å². The van der Waals surface area contributed by atoms with Crippen molar-refractivity contribution >= 4 is 17.3 Å². The predicted molar refractivity (Wildman–Crippen MR) is 89.9 cm³/mol. The first-order valence-corrected chi connectivity index (χ1v) is 7.43. The number of hydrazone groups is 1. The van der Waals surface area contributed by atoms with Gasteiger partial charge in [-0.25, -0.2) is 5.01 Å². The van der Waals surface area contributed by atoms with Crippen molar-refractivity contribution in [3.63, 3.8) is 0 Å². The number of fused-ring (bicyclic) bond motifs is 1. The number of allylic oxidation sites excluding steroid dienone is 3. The summed E-state index contributed by atoms with van der Waals surface area (Å²) in [6, 6.07) is 8.43. The highest BCUT2D eigenvalue weighted by atomic mass is 16.2. The van der Waals surface area contributed by atoms with Crippen molar-refractivity contribution in [2.24, 2.45) is 5.10 Å². The summed E-state index contributed by atoms with van der Waals surface area (Å²) in [5, 5.41) is 5.57. The summed E-state index contributed by atoms with van der Waals surface area (Å²) in [4.78, 5) is 14.3. The summed E-state index contributed by atoms with van der Waals surface area (Å²) in [6.07, 6.45) is 3.94. The van der Waals surface area contributed by atoms with Gasteiger partial charge in [0.05, 0.1) is 11.3 Å². The molecule has 2 aliphatic rings. The third kappa shape index (κ3) is 1.98. The van der Waals surface area contributed by atoms with Crippen LogP contribution in [0.4, 0.5) is 5.69 Å². The van der Waals surface area contributed by atoms with E-state index in [0.29, 0.717) is 5.57 Å². The number of rotatable bonds is 1. The smallest absolute Gasteiger partial charge is 0.275 e. The molecule has 0 saturated heterocycles. The number of hydrogen-bond donors (Lipinski definition) is 0. The predicted octanol–water partition coefficient (Wildman–Crippen LogP) is 3.07. The fourth-order valence-electron chi connectivity index (χ4n) is 3.31. The second-order valence-corrected chi connectivity index (χ2v) is 6.35. The molecule has 0 atom stereocenters. The molecule has 0 N–H and O–H groups in total. The summed E-state index contributed by atoms with van der Waals surface area (Å²) in [5.41, 5.74) is 5.05. The second-order valence-electron chi connectivity index (χ2n) is 6.35. The van der Waals surface area contributed by atoms with Crippen molar-refractivity contribution in [1.29, 1.82) is 0 Å². The number of anilines is 1. The number of likely N-dealkylation sites (N-methyl/N-ethyl adjacent to an activating group) is 2. The van der Waals surface area contributed by atoms with Gasteiger partial charge in [0.15, 0.2) is 0 Å². The Morgan fingerprint density at radius 3 is 2.41 bits per heavy atom. The molecule has 0 aromatic heterocycles. The van der Waals surface area contributed by atoms with Gasteiger partial charge in [-0.15, -0.1) is 0 Å². The standard InChI is InChI=1S/C18H21N3O/c1-12-13(17(22)21(5)19-12)10-11-16-18(2,3)14-8-6-7-9-15(14)20(16)4/h6-11H,1-5H3/b13-10+,16-11-. The van der Waals surface area contributed by atoms with Crippen LogP contribution in [0.25, 0.3) is 0 Å². The van der Waals surface area contributed by atoms with Crippen molar-refractivity contribution in [1.82, 2.24) is 5.01 Å². The topological polar surface area (TPSA) is 35.9 Å². The van der Waals surface area contributed by atoms with Crippen LogP contribution in [0, 0.1) is 0 Å². The number of carbonyl (C=O) groups excluding carboxylic acids is 1. The number of amides is 1. The number of benzene rings is 1. The minimum absolute atomic E-state index is 0.0506. The molecule has 0 fully saturated rings. The van der Waals surface area contributed by atoms with Crippen molar-refractivity contribution in [2.45, 2.75) is 26.2 Å². The van der Waals surface area contributed by atoms with E-state index in [9.17, 15) is 4.79 Å². The van der Waals surface area contributed by atoms with Crippen molar-refractivity contribution in [3.8, 4) is 0 Å². The lowest BCUT2D eigenvalue weighted by atomic mass is 9.83. The van der Waals surface area contributed by atoms with Gasteiger partial charge in [-0.3, -0.25) is 4.79 Å². The summed E-state index contributed by atoms with van der Waals surface area (Å²) < 4.78 is 0. The average Bonchev–Trinajstić information content (AvgIpc) is 2.83. The lowest BCUT2D eigenvalue weighted by molar-refractivity contribution is -0.124. The first-order valence-electron chi connectivity index (χ1n) is 7.43. The molecule has 114 valence electrons. The Morgan fingerprint density at radius 1 is 1.14 bits per heavy atom. The number of nitrogens with zero attached hydrogens (tertiary/aromatic N) is 3. The van der Waals surface area contributed by atoms with Crippen LogP contribution in [0.15, 0.2) is 52.8 Å². The highest BCUT2D eigenvalue weighted by Gasteiger charge is 2.37. The molecule has 3 rings (SSSR count). The van der Waals surface area contributed by atoms with E-state index < -0.39 is 0 Å². The zero-order chi connectivity index (χ0) is 16.1. The highest BCUT2D eigenvalue weighted by molar-refractivity contribution is 6.23. The lowest BCUT2D eigenvalue weighted by Crippen LogP contribution is -2.23. The van der Waals surface area contributed by atoms with E-state index in [4.69, 9.17) is 0 Å². The molecule has 0 bridgehead atoms. The molecular weight excluding hydrogens is 274 g/mol. The molecule has 0 unspecified atom stereocenters. The van der Waals surface area contributed by atoms with Gasteiger partial charge in [0.2, 0.25) is 0 Å². The van der Waals surface area contributed by atoms with Gasteiger partial charge < -0.3 is 4.90 Å². The van der Waals surface area contributed by atoms with E-state index in [-0.39, 0.29) is 11.3 Å². The van der Waals surface area contributed by atoms with Gasteiger partial charge in [0.25, 0.3) is 5.91 Å². The molecule has 22 heavy (non-hydrogen) atoms. The zero-order valence-electron chi connectivity index (χ0n) is 13.7. The van der Waals surface area contributed by atoms with Crippen molar-refractivity contribution in [2.75, 3.05) is 19.0 Å². The Balaban J connectivity index is 2.04. The molecule has 1 amide bonds. The van der Waals surface area contributed by atoms with E-state index in [2.05, 4.69) is 55.2 Å². The molecule has 0 saturated carbocycles. The Labute approximate surface area is 131 Å². The van der Waals surface area contributed by atoms with Crippen LogP contribution in [0.2, 0.25) is 0 Å². The number of para-hydroxylation sites is 1. The fraction of sp³-hybridized carbons (Fsp3) is 0.333. The Hall–Kier alpha value is -2.36. The van der Waals surface area contributed by atoms with Gasteiger partial charge in [-0.1, -0.05) is 32.0 Å². The van der Waals surface area contributed by atoms with Gasteiger partial charge in [-0.05, 0) is 30.7 Å². The molecule has 2 aliphatic heterocycles. The monoisotopic (exact) mass is 295 g/mol. The van der Waals surface area contributed by atoms with E-state index in [1.165, 1.54) is 22.0 Å². The fourth-order valence-corrected chi connectivity index (χ4v) is 3.31. The average molecular weight is 295 g/mol. The SMILES string of the molecule is CC1=NN(C)C(=O)/C1=C/C=C1\N(C)c2ccccc2C1(C)C. The minimum atomic E-state index is -0.0823. The van der Waals surface area contributed by atoms with Crippen LogP contribution in [0.5, 0.6) is 0 Å². The minimum Gasteiger partial charge on any atom is -0.347 e. The molecule has 0 radical (unpaired) electrons. The van der Waals surface area contributed by atoms with Crippen molar-refractivity contribution in [3.05, 3.63) is 53.3 Å². The van der Waals surface area contributed by atoms with Crippen LogP contribution in [-0.4, -0.2) is 30.7 Å². The van der Waals surface area contributed by atoms with E-state index in [0.717, 1.165) is 5.71 Å². The maximum atomic E-state index is 12.1. The third-order valence-electron chi connectivity index (χ3n) is 4.56. The van der Waals surface area contributed by atoms with E-state index in [1.807, 2.05) is 19.1 Å². The third-order valence-corrected chi connectivity index (χ3v) is 4.56. The Bertz CT molecular complexity index is 740. The summed E-state index contributed by atoms with van der Waals surface area (Å²) >= 11 is 0. The Kier molecular flexibility index (Phi) is 3.20. The van der Waals surface area contributed by atoms with Gasteiger partial charge in [0.1, 0.15) is 0 Å². The van der Waals surface area contributed by atoms with Crippen LogP contribution < -0.4 is 4.90 Å². The highest BCUT2D eigenvalue weighted by Crippen LogP contribution is 2.46. The van der Waals surface area contributed by atoms with Crippen molar-refractivity contribution < 1.29 is 4.79 Å². The maximum Gasteiger partial charge on any atom is 0.275 e. The molecule has 4 nitrogen and oxygen atoms in total. The molecule has 1 aromatic carbocycles. The van der Waals surface area contributed by atoms with E-state index in [1.54, 1.807) is 7.05 Å². The van der Waals surface area contributed by atoms with Gasteiger partial charge >= 0.3 is 0 Å². The van der Waals surface area contributed by atoms with E-state index >= 15 is 0 Å². The lowest BCUT2D eigenvalue weighted by Gasteiger charge is -2.23. The number of carbonyl (C=O) groups is 1. The summed E-state index contributed by atoms with van der Waals surface area (Å²) in [5.74, 6) is -0.0506.